The molecule has 0 amide bonds. The van der Waals surface area contributed by atoms with Crippen molar-refractivity contribution in [3.05, 3.63) is 154 Å². The van der Waals surface area contributed by atoms with Crippen molar-refractivity contribution in [2.75, 3.05) is 0 Å². The number of fused-ring (bicyclic) bond motifs is 4. The van der Waals surface area contributed by atoms with Gasteiger partial charge < -0.3 is 0 Å². The van der Waals surface area contributed by atoms with E-state index in [0.29, 0.717) is 0 Å². The molecule has 2 aliphatic rings. The molecule has 0 fully saturated rings. The number of hydrogen-bond donors (Lipinski definition) is 0. The molecule has 2 heteroatoms. The summed E-state index contributed by atoms with van der Waals surface area (Å²) in [4.78, 5) is 0. The van der Waals surface area contributed by atoms with Gasteiger partial charge >= 0.3 is 290 Å². The third kappa shape index (κ3) is 4.75. The molecular formula is C45H47ClZr. The van der Waals surface area contributed by atoms with E-state index in [1.165, 1.54) is 61.8 Å². The molecule has 7 rings (SSSR count). The second kappa shape index (κ2) is 11.0. The average molecular weight is 715 g/mol. The zero-order chi connectivity index (χ0) is 33.5. The van der Waals surface area contributed by atoms with Crippen molar-refractivity contribution in [2.45, 2.75) is 73.5 Å². The quantitative estimate of drug-likeness (QED) is 0.174. The second-order valence-corrected chi connectivity index (χ2v) is 30.7. The van der Waals surface area contributed by atoms with Crippen LogP contribution in [0.5, 0.6) is 0 Å². The molecule has 0 atom stereocenters. The van der Waals surface area contributed by atoms with Crippen LogP contribution in [0.1, 0.15) is 78.5 Å². The van der Waals surface area contributed by atoms with Gasteiger partial charge in [-0.1, -0.05) is 0 Å². The summed E-state index contributed by atoms with van der Waals surface area (Å²) in [6.07, 6.45) is 9.42. The summed E-state index contributed by atoms with van der Waals surface area (Å²) in [6, 6.07) is 34.9. The number of rotatable bonds is 4. The van der Waals surface area contributed by atoms with Crippen molar-refractivity contribution in [3.63, 3.8) is 0 Å². The standard InChI is InChI=1S/C23H29.C10H7.C6H4Cl.C5H5.CH2.Zr/c1-14-9-16-11-17-10-15(2)21(23(6,7)8)13-19(17)18(16)12-20(14)22(3,4)5;1-2-6-10-8-4-3-7-9(10)5-1;7-6-4-2-1-3-5-6;1-2-4-5-3-1;;/h9-13H,1-8H3;1-7H;2-5H;1-5H;1H2;. The van der Waals surface area contributed by atoms with Crippen molar-refractivity contribution in [1.29, 1.82) is 0 Å². The fourth-order valence-electron chi connectivity index (χ4n) is 9.40. The van der Waals surface area contributed by atoms with E-state index in [1.54, 1.807) is 0 Å². The van der Waals surface area contributed by atoms with Crippen LogP contribution in [-0.4, -0.2) is 4.21 Å². The maximum absolute atomic E-state index is 6.67. The zero-order valence-corrected chi connectivity index (χ0v) is 32.4. The Morgan fingerprint density at radius 2 is 1.15 bits per heavy atom. The van der Waals surface area contributed by atoms with Crippen molar-refractivity contribution in [2.24, 2.45) is 0 Å². The predicted octanol–water partition coefficient (Wildman–Crippen LogP) is 11.5. The first-order chi connectivity index (χ1) is 22.1. The molecule has 47 heavy (non-hydrogen) atoms. The van der Waals surface area contributed by atoms with Gasteiger partial charge in [-0.15, -0.1) is 0 Å². The summed E-state index contributed by atoms with van der Waals surface area (Å²) in [5.74, 6) is 0. The average Bonchev–Trinajstić information content (AvgIpc) is 3.66. The molecule has 0 unspecified atom stereocenters. The Kier molecular flexibility index (Phi) is 7.56. The Hall–Kier alpha value is -3.12. The first-order valence-electron chi connectivity index (χ1n) is 17.1. The van der Waals surface area contributed by atoms with E-state index in [0.717, 1.165) is 5.02 Å². The van der Waals surface area contributed by atoms with Gasteiger partial charge in [-0.2, -0.15) is 0 Å². The molecule has 0 radical (unpaired) electrons. The van der Waals surface area contributed by atoms with Gasteiger partial charge in [0.25, 0.3) is 0 Å². The van der Waals surface area contributed by atoms with Gasteiger partial charge in [0.15, 0.2) is 0 Å². The van der Waals surface area contributed by atoms with Crippen molar-refractivity contribution >= 4 is 33.1 Å². The SMILES string of the molecule is [CH2]=[Zr]([c]1ccc(Cl)cc1)([c]1cccc2ccccc12)([CH]1C=CC=C1)[CH]1c2cc(C)c(C(C)(C)C)cc2-c2cc(C(C)(C)C)c(C)cc21. The molecule has 5 aromatic rings. The molecule has 0 bridgehead atoms. The van der Waals surface area contributed by atoms with Gasteiger partial charge in [0, 0.05) is 0 Å². The molecule has 0 heterocycles. The van der Waals surface area contributed by atoms with Gasteiger partial charge in [0.2, 0.25) is 0 Å². The number of benzene rings is 5. The Morgan fingerprint density at radius 3 is 1.68 bits per heavy atom. The third-order valence-corrected chi connectivity index (χ3v) is 29.5. The Balaban J connectivity index is 1.74. The summed E-state index contributed by atoms with van der Waals surface area (Å²) in [7, 11) is 0. The zero-order valence-electron chi connectivity index (χ0n) is 29.2. The van der Waals surface area contributed by atoms with Crippen LogP contribution >= 0.6 is 11.6 Å². The van der Waals surface area contributed by atoms with Gasteiger partial charge in [0.05, 0.1) is 0 Å². The van der Waals surface area contributed by atoms with E-state index in [4.69, 9.17) is 15.8 Å². The van der Waals surface area contributed by atoms with E-state index in [1.807, 2.05) is 0 Å². The number of halogens is 1. The fourth-order valence-corrected chi connectivity index (χ4v) is 27.7. The molecule has 238 valence electrons. The Bertz CT molecular complexity index is 2110. The Labute approximate surface area is 287 Å². The summed E-state index contributed by atoms with van der Waals surface area (Å²) >= 11 is 1.68. The van der Waals surface area contributed by atoms with Gasteiger partial charge in [0.1, 0.15) is 0 Å². The first kappa shape index (κ1) is 32.4. The minimum absolute atomic E-state index is 0.0279. The van der Waals surface area contributed by atoms with Gasteiger partial charge in [-0.3, -0.25) is 0 Å². The molecule has 0 spiro atoms. The van der Waals surface area contributed by atoms with Crippen LogP contribution in [0.4, 0.5) is 0 Å². The molecule has 0 nitrogen and oxygen atoms in total. The van der Waals surface area contributed by atoms with E-state index in [9.17, 15) is 0 Å². The summed E-state index contributed by atoms with van der Waals surface area (Å²) < 4.78 is 8.95. The fraction of sp³-hybridized carbons (Fsp3) is 0.267. The first-order valence-corrected chi connectivity index (χ1v) is 24.5. The summed E-state index contributed by atoms with van der Waals surface area (Å²) in [5, 5.41) is 3.35. The van der Waals surface area contributed by atoms with E-state index in [2.05, 4.69) is 171 Å². The topological polar surface area (TPSA) is 0 Å². The summed E-state index contributed by atoms with van der Waals surface area (Å²) in [6.45, 7) is 18.7. The molecule has 2 aliphatic carbocycles. The molecule has 0 N–H and O–H groups in total. The Morgan fingerprint density at radius 1 is 0.638 bits per heavy atom. The van der Waals surface area contributed by atoms with Gasteiger partial charge in [-0.05, 0) is 0 Å². The number of aryl methyl sites for hydroxylation is 2. The third-order valence-electron chi connectivity index (χ3n) is 11.4. The molecular weight excluding hydrogens is 667 g/mol. The van der Waals surface area contributed by atoms with Crippen LogP contribution in [0.15, 0.2) is 115 Å². The van der Waals surface area contributed by atoms with E-state index in [-0.39, 0.29) is 18.1 Å². The van der Waals surface area contributed by atoms with Crippen LogP contribution < -0.4 is 6.54 Å². The monoisotopic (exact) mass is 712 g/mol. The second-order valence-electron chi connectivity index (χ2n) is 16.4. The van der Waals surface area contributed by atoms with Crippen LogP contribution in [0.25, 0.3) is 21.9 Å². The van der Waals surface area contributed by atoms with Crippen LogP contribution in [-0.2, 0) is 29.1 Å². The van der Waals surface area contributed by atoms with Crippen LogP contribution in [0, 0.1) is 13.8 Å². The summed E-state index contributed by atoms with van der Waals surface area (Å²) in [5.41, 5.74) is 11.2. The predicted molar refractivity (Wildman–Crippen MR) is 204 cm³/mol. The van der Waals surface area contributed by atoms with Crippen molar-refractivity contribution in [1.82, 2.24) is 0 Å². The van der Waals surface area contributed by atoms with E-state index < -0.39 is 18.3 Å². The normalized spacial score (nSPS) is 15.4. The molecule has 0 saturated carbocycles. The van der Waals surface area contributed by atoms with E-state index >= 15 is 0 Å². The number of allylic oxidation sites excluding steroid dienone is 4. The maximum atomic E-state index is 6.67. The van der Waals surface area contributed by atoms with Crippen molar-refractivity contribution in [3.8, 4) is 11.1 Å². The molecule has 5 aromatic carbocycles. The molecule has 0 aliphatic heterocycles. The van der Waals surface area contributed by atoms with Crippen LogP contribution in [0.3, 0.4) is 0 Å². The van der Waals surface area contributed by atoms with Crippen molar-refractivity contribution < 1.29 is 18.3 Å². The molecule has 0 aromatic heterocycles. The number of hydrogen-bond acceptors (Lipinski definition) is 0. The van der Waals surface area contributed by atoms with Crippen LogP contribution in [0.2, 0.25) is 8.65 Å². The molecule has 0 saturated heterocycles. The minimum atomic E-state index is -4.98. The van der Waals surface area contributed by atoms with Gasteiger partial charge in [-0.25, -0.2) is 0 Å².